The van der Waals surface area contributed by atoms with Crippen LogP contribution in [0.15, 0.2) is 24.3 Å². The molecule has 0 aliphatic carbocycles. The van der Waals surface area contributed by atoms with Crippen LogP contribution in [0.25, 0.3) is 0 Å². The molecule has 24 heavy (non-hydrogen) atoms. The van der Waals surface area contributed by atoms with Gasteiger partial charge in [-0.15, -0.1) is 0 Å². The molecule has 0 aromatic heterocycles. The lowest BCUT2D eigenvalue weighted by atomic mass is 9.96. The minimum absolute atomic E-state index is 0.0686. The fraction of sp³-hybridized carbons (Fsp3) is 0.579. The van der Waals surface area contributed by atoms with Crippen LogP contribution in [-0.4, -0.2) is 47.8 Å². The minimum atomic E-state index is -0.235. The van der Waals surface area contributed by atoms with Gasteiger partial charge in [0, 0.05) is 25.0 Å². The van der Waals surface area contributed by atoms with Crippen molar-refractivity contribution in [1.82, 2.24) is 9.80 Å². The summed E-state index contributed by atoms with van der Waals surface area (Å²) in [7, 11) is 0. The maximum absolute atomic E-state index is 12.6. The van der Waals surface area contributed by atoms with Gasteiger partial charge in [-0.3, -0.25) is 14.5 Å². The number of carbonyl (C=O) groups is 2. The van der Waals surface area contributed by atoms with E-state index in [9.17, 15) is 9.59 Å². The summed E-state index contributed by atoms with van der Waals surface area (Å²) >= 11 is 0. The molecule has 1 aromatic carbocycles. The third-order valence-corrected chi connectivity index (χ3v) is 5.38. The van der Waals surface area contributed by atoms with Crippen LogP contribution < -0.4 is 5.73 Å². The lowest BCUT2D eigenvalue weighted by Gasteiger charge is -2.33. The highest BCUT2D eigenvalue weighted by Crippen LogP contribution is 2.32. The molecule has 0 radical (unpaired) electrons. The van der Waals surface area contributed by atoms with Gasteiger partial charge in [-0.2, -0.15) is 0 Å². The molecule has 2 aliphatic heterocycles. The molecule has 2 N–H and O–H groups in total. The summed E-state index contributed by atoms with van der Waals surface area (Å²) in [6.45, 7) is 4.85. The van der Waals surface area contributed by atoms with Crippen molar-refractivity contribution in [3.8, 4) is 0 Å². The first-order valence-corrected chi connectivity index (χ1v) is 8.92. The number of likely N-dealkylation sites (tertiary alicyclic amines) is 2. The van der Waals surface area contributed by atoms with Crippen molar-refractivity contribution in [1.29, 1.82) is 0 Å². The van der Waals surface area contributed by atoms with Gasteiger partial charge in [0.15, 0.2) is 0 Å². The number of primary amides is 1. The van der Waals surface area contributed by atoms with Crippen molar-refractivity contribution in [2.45, 2.75) is 38.6 Å². The first-order chi connectivity index (χ1) is 11.5. The van der Waals surface area contributed by atoms with Crippen LogP contribution in [0.2, 0.25) is 0 Å². The number of nitrogens with zero attached hydrogens (tertiary/aromatic N) is 2. The Kier molecular flexibility index (Phi) is 5.19. The molecular formula is C19H27N3O2. The SMILES string of the molecule is Cc1cccc([C@H]2CCCN2CC(=O)N2CCC(C(N)=O)CC2)c1. The Morgan fingerprint density at radius 1 is 1.17 bits per heavy atom. The molecule has 2 heterocycles. The highest BCUT2D eigenvalue weighted by Gasteiger charge is 2.31. The van der Waals surface area contributed by atoms with Crippen LogP contribution in [0, 0.1) is 12.8 Å². The standard InChI is InChI=1S/C19H27N3O2/c1-14-4-2-5-16(12-14)17-6-3-9-22(17)13-18(23)21-10-7-15(8-11-21)19(20)24/h2,4-5,12,15,17H,3,6-11,13H2,1H3,(H2,20,24)/t17-/m1/s1. The van der Waals surface area contributed by atoms with E-state index in [1.165, 1.54) is 11.1 Å². The average molecular weight is 329 g/mol. The molecule has 2 amide bonds. The summed E-state index contributed by atoms with van der Waals surface area (Å²) in [4.78, 5) is 28.1. The Balaban J connectivity index is 1.59. The number of hydrogen-bond acceptors (Lipinski definition) is 3. The van der Waals surface area contributed by atoms with E-state index in [0.29, 0.717) is 38.5 Å². The molecule has 130 valence electrons. The van der Waals surface area contributed by atoms with Crippen LogP contribution >= 0.6 is 0 Å². The predicted octanol–water partition coefficient (Wildman–Crippen LogP) is 1.86. The van der Waals surface area contributed by atoms with E-state index in [-0.39, 0.29) is 17.7 Å². The number of amides is 2. The van der Waals surface area contributed by atoms with E-state index in [0.717, 1.165) is 19.4 Å². The number of piperidine rings is 1. The molecule has 3 rings (SSSR count). The van der Waals surface area contributed by atoms with Crippen LogP contribution in [0.1, 0.15) is 42.9 Å². The predicted molar refractivity (Wildman–Crippen MR) is 93.2 cm³/mol. The van der Waals surface area contributed by atoms with Gasteiger partial charge < -0.3 is 10.6 Å². The second-order valence-electron chi connectivity index (χ2n) is 7.10. The van der Waals surface area contributed by atoms with Crippen molar-refractivity contribution in [2.75, 3.05) is 26.2 Å². The molecule has 2 saturated heterocycles. The van der Waals surface area contributed by atoms with E-state index in [4.69, 9.17) is 5.73 Å². The quantitative estimate of drug-likeness (QED) is 0.917. The fourth-order valence-electron chi connectivity index (χ4n) is 3.96. The smallest absolute Gasteiger partial charge is 0.236 e. The van der Waals surface area contributed by atoms with E-state index in [2.05, 4.69) is 36.1 Å². The van der Waals surface area contributed by atoms with Gasteiger partial charge in [-0.1, -0.05) is 29.8 Å². The molecule has 5 heteroatoms. The van der Waals surface area contributed by atoms with Crippen LogP contribution in [0.4, 0.5) is 0 Å². The van der Waals surface area contributed by atoms with Crippen molar-refractivity contribution < 1.29 is 9.59 Å². The largest absolute Gasteiger partial charge is 0.369 e. The Hall–Kier alpha value is -1.88. The van der Waals surface area contributed by atoms with Gasteiger partial charge >= 0.3 is 0 Å². The molecule has 0 unspecified atom stereocenters. The Morgan fingerprint density at radius 3 is 2.58 bits per heavy atom. The molecular weight excluding hydrogens is 302 g/mol. The normalized spacial score (nSPS) is 22.7. The van der Waals surface area contributed by atoms with E-state index >= 15 is 0 Å². The van der Waals surface area contributed by atoms with Crippen LogP contribution in [-0.2, 0) is 9.59 Å². The third kappa shape index (κ3) is 3.78. The molecule has 0 spiro atoms. The molecule has 5 nitrogen and oxygen atoms in total. The number of rotatable bonds is 4. The van der Waals surface area contributed by atoms with Gasteiger partial charge in [0.2, 0.25) is 11.8 Å². The van der Waals surface area contributed by atoms with Crippen molar-refractivity contribution >= 4 is 11.8 Å². The van der Waals surface area contributed by atoms with Gasteiger partial charge in [0.1, 0.15) is 0 Å². The van der Waals surface area contributed by atoms with Gasteiger partial charge in [-0.05, 0) is 44.7 Å². The zero-order valence-corrected chi connectivity index (χ0v) is 14.4. The summed E-state index contributed by atoms with van der Waals surface area (Å²) in [6, 6.07) is 8.94. The maximum atomic E-state index is 12.6. The number of aryl methyl sites for hydroxylation is 1. The summed E-state index contributed by atoms with van der Waals surface area (Å²) in [5.41, 5.74) is 7.94. The molecule has 1 aromatic rings. The number of hydrogen-bond donors (Lipinski definition) is 1. The molecule has 0 saturated carbocycles. The van der Waals surface area contributed by atoms with Crippen molar-refractivity contribution in [2.24, 2.45) is 11.7 Å². The fourth-order valence-corrected chi connectivity index (χ4v) is 3.96. The highest BCUT2D eigenvalue weighted by atomic mass is 16.2. The summed E-state index contributed by atoms with van der Waals surface area (Å²) in [5.74, 6) is -0.125. The molecule has 0 bridgehead atoms. The summed E-state index contributed by atoms with van der Waals surface area (Å²) in [6.07, 6.45) is 3.64. The Morgan fingerprint density at radius 2 is 1.92 bits per heavy atom. The average Bonchev–Trinajstić information content (AvgIpc) is 3.03. The lowest BCUT2D eigenvalue weighted by molar-refractivity contribution is -0.136. The summed E-state index contributed by atoms with van der Waals surface area (Å²) < 4.78 is 0. The van der Waals surface area contributed by atoms with E-state index < -0.39 is 0 Å². The second kappa shape index (κ2) is 7.34. The third-order valence-electron chi connectivity index (χ3n) is 5.38. The topological polar surface area (TPSA) is 66.6 Å². The monoisotopic (exact) mass is 329 g/mol. The van der Waals surface area contributed by atoms with Crippen molar-refractivity contribution in [3.63, 3.8) is 0 Å². The zero-order chi connectivity index (χ0) is 17.1. The molecule has 1 atom stereocenters. The maximum Gasteiger partial charge on any atom is 0.236 e. The van der Waals surface area contributed by atoms with Crippen LogP contribution in [0.3, 0.4) is 0 Å². The highest BCUT2D eigenvalue weighted by molar-refractivity contribution is 5.80. The van der Waals surface area contributed by atoms with Crippen molar-refractivity contribution in [3.05, 3.63) is 35.4 Å². The van der Waals surface area contributed by atoms with E-state index in [1.54, 1.807) is 0 Å². The first-order valence-electron chi connectivity index (χ1n) is 8.92. The Labute approximate surface area is 143 Å². The van der Waals surface area contributed by atoms with Crippen LogP contribution in [0.5, 0.6) is 0 Å². The van der Waals surface area contributed by atoms with E-state index in [1.807, 2.05) is 4.90 Å². The number of benzene rings is 1. The number of carbonyl (C=O) groups excluding carboxylic acids is 2. The second-order valence-corrected chi connectivity index (χ2v) is 7.10. The minimum Gasteiger partial charge on any atom is -0.369 e. The molecule has 2 fully saturated rings. The first kappa shape index (κ1) is 17.0. The van der Waals surface area contributed by atoms with Gasteiger partial charge in [0.05, 0.1) is 6.54 Å². The Bertz CT molecular complexity index is 608. The van der Waals surface area contributed by atoms with Gasteiger partial charge in [-0.25, -0.2) is 0 Å². The summed E-state index contributed by atoms with van der Waals surface area (Å²) in [5, 5.41) is 0. The zero-order valence-electron chi connectivity index (χ0n) is 14.4. The number of nitrogens with two attached hydrogens (primary N) is 1. The lowest BCUT2D eigenvalue weighted by Crippen LogP contribution is -2.45. The van der Waals surface area contributed by atoms with Gasteiger partial charge in [0.25, 0.3) is 0 Å². The molecule has 2 aliphatic rings.